The molecular weight excluding hydrogens is 466 g/mol. The molecule has 7 rings (SSSR count). The number of hydrogen-bond donors (Lipinski definition) is 1. The van der Waals surface area contributed by atoms with Crippen molar-refractivity contribution in [2.75, 3.05) is 19.8 Å². The molecule has 0 spiro atoms. The summed E-state index contributed by atoms with van der Waals surface area (Å²) in [6.45, 7) is 1.05. The van der Waals surface area contributed by atoms with Gasteiger partial charge in [-0.1, -0.05) is 60.7 Å². The molecule has 2 bridgehead atoms. The molecule has 0 saturated carbocycles. The van der Waals surface area contributed by atoms with Gasteiger partial charge in [0.15, 0.2) is 0 Å². The topological polar surface area (TPSA) is 76.8 Å². The molecule has 188 valence electrons. The fraction of sp³-hybridized carbons (Fsp3) is 0.333. The number of benzene rings is 3. The molecule has 2 fully saturated rings. The number of carbonyl (C=O) groups excluding carboxylic acids is 1. The monoisotopic (exact) mass is 495 g/mol. The normalized spacial score (nSPS) is 24.6. The summed E-state index contributed by atoms with van der Waals surface area (Å²) < 4.78 is 13.6. The van der Waals surface area contributed by atoms with Crippen LogP contribution in [0, 0.1) is 0 Å². The Bertz CT molecular complexity index is 1450. The number of ether oxygens (including phenoxy) is 2. The lowest BCUT2D eigenvalue weighted by Crippen LogP contribution is -2.62. The molecule has 1 N–H and O–H groups in total. The summed E-state index contributed by atoms with van der Waals surface area (Å²) in [5.74, 6) is 0.0132. The number of rotatable bonds is 3. The smallest absolute Gasteiger partial charge is 0.410 e. The molecule has 3 aliphatic rings. The van der Waals surface area contributed by atoms with Gasteiger partial charge in [-0.25, -0.2) is 4.79 Å². The summed E-state index contributed by atoms with van der Waals surface area (Å²) in [6.07, 6.45) is 2.42. The average molecular weight is 496 g/mol. The summed E-state index contributed by atoms with van der Waals surface area (Å²) in [4.78, 5) is 15.3. The van der Waals surface area contributed by atoms with E-state index >= 15 is 0 Å². The van der Waals surface area contributed by atoms with E-state index in [4.69, 9.17) is 9.47 Å². The van der Waals surface area contributed by atoms with Crippen LogP contribution in [0.3, 0.4) is 0 Å². The molecule has 1 aliphatic carbocycles. The van der Waals surface area contributed by atoms with E-state index in [1.165, 1.54) is 22.3 Å². The zero-order valence-corrected chi connectivity index (χ0v) is 20.7. The number of aromatic nitrogens is 2. The fourth-order valence-electron chi connectivity index (χ4n) is 6.61. The van der Waals surface area contributed by atoms with Crippen LogP contribution in [0.25, 0.3) is 22.0 Å². The van der Waals surface area contributed by atoms with Gasteiger partial charge in [-0.05, 0) is 33.9 Å². The number of fused-ring (bicyclic) bond motifs is 6. The molecule has 1 aromatic heterocycles. The van der Waals surface area contributed by atoms with Gasteiger partial charge in [0.05, 0.1) is 36.4 Å². The number of piperidine rings is 1. The molecule has 2 atom stereocenters. The summed E-state index contributed by atoms with van der Waals surface area (Å²) >= 11 is 0. The number of hydrogen-bond acceptors (Lipinski definition) is 5. The van der Waals surface area contributed by atoms with Gasteiger partial charge in [0.1, 0.15) is 6.61 Å². The molecular formula is C30H29N3O4. The minimum absolute atomic E-state index is 0.0132. The Labute approximate surface area is 215 Å². The Kier molecular flexibility index (Phi) is 5.13. The highest BCUT2D eigenvalue weighted by Gasteiger charge is 2.49. The highest BCUT2D eigenvalue weighted by atomic mass is 16.6. The molecule has 1 amide bonds. The molecule has 37 heavy (non-hydrogen) atoms. The number of morpholine rings is 1. The SMILES string of the molecule is Cn1cc2ccc(C3(O)CC4COCC(C3)N4C(=O)OCC3c4ccccc4-c4ccccc43)cc2n1. The maximum absolute atomic E-state index is 13.5. The van der Waals surface area contributed by atoms with Gasteiger partial charge in [-0.2, -0.15) is 5.10 Å². The number of aryl methyl sites for hydroxylation is 1. The highest BCUT2D eigenvalue weighted by molar-refractivity contribution is 5.80. The molecule has 3 heterocycles. The number of amides is 1. The van der Waals surface area contributed by atoms with E-state index in [9.17, 15) is 9.90 Å². The van der Waals surface area contributed by atoms with E-state index in [1.807, 2.05) is 60.6 Å². The van der Waals surface area contributed by atoms with Crippen LogP contribution in [0.5, 0.6) is 0 Å². The van der Waals surface area contributed by atoms with E-state index in [2.05, 4.69) is 29.4 Å². The lowest BCUT2D eigenvalue weighted by atomic mass is 9.77. The predicted molar refractivity (Wildman–Crippen MR) is 139 cm³/mol. The van der Waals surface area contributed by atoms with E-state index in [0.29, 0.717) is 26.1 Å². The van der Waals surface area contributed by atoms with Crippen LogP contribution in [-0.4, -0.2) is 57.8 Å². The van der Waals surface area contributed by atoms with Crippen LogP contribution < -0.4 is 0 Å². The predicted octanol–water partition coefficient (Wildman–Crippen LogP) is 4.57. The third-order valence-corrected chi connectivity index (χ3v) is 8.26. The van der Waals surface area contributed by atoms with E-state index in [-0.39, 0.29) is 30.7 Å². The van der Waals surface area contributed by atoms with Gasteiger partial charge >= 0.3 is 6.09 Å². The summed E-state index contributed by atoms with van der Waals surface area (Å²) in [5.41, 5.74) is 5.44. The second-order valence-electron chi connectivity index (χ2n) is 10.6. The maximum Gasteiger partial charge on any atom is 0.410 e. The van der Waals surface area contributed by atoms with Crippen LogP contribution >= 0.6 is 0 Å². The Hall–Kier alpha value is -3.68. The van der Waals surface area contributed by atoms with Gasteiger partial charge < -0.3 is 14.6 Å². The Morgan fingerprint density at radius 3 is 2.35 bits per heavy atom. The maximum atomic E-state index is 13.5. The van der Waals surface area contributed by atoms with Crippen LogP contribution in [0.1, 0.15) is 35.4 Å². The molecule has 2 saturated heterocycles. The Morgan fingerprint density at radius 2 is 1.68 bits per heavy atom. The van der Waals surface area contributed by atoms with Crippen molar-refractivity contribution in [2.24, 2.45) is 7.05 Å². The summed E-state index contributed by atoms with van der Waals surface area (Å²) in [6, 6.07) is 22.1. The Balaban J connectivity index is 1.11. The summed E-state index contributed by atoms with van der Waals surface area (Å²) in [5, 5.41) is 17.3. The van der Waals surface area contributed by atoms with Crippen molar-refractivity contribution < 1.29 is 19.4 Å². The molecule has 3 aromatic carbocycles. The number of carbonyl (C=O) groups is 1. The van der Waals surface area contributed by atoms with Gasteiger partial charge in [-0.3, -0.25) is 9.58 Å². The standard InChI is InChI=1S/C30H29N3O4/c1-32-15-19-10-11-20(12-28(19)31-32)30(35)13-21-16-36-17-22(14-30)33(21)29(34)37-18-27-25-8-4-2-6-23(25)24-7-3-5-9-26(24)27/h2-12,15,21-22,27,35H,13-14,16-18H2,1H3. The van der Waals surface area contributed by atoms with E-state index in [0.717, 1.165) is 16.5 Å². The second-order valence-corrected chi connectivity index (χ2v) is 10.6. The van der Waals surface area contributed by atoms with E-state index < -0.39 is 5.60 Å². The van der Waals surface area contributed by atoms with Gasteiger partial charge in [0.25, 0.3) is 0 Å². The van der Waals surface area contributed by atoms with E-state index in [1.54, 1.807) is 4.68 Å². The number of nitrogens with zero attached hydrogens (tertiary/aromatic N) is 3. The molecule has 7 nitrogen and oxygen atoms in total. The van der Waals surface area contributed by atoms with Crippen LogP contribution in [0.4, 0.5) is 4.79 Å². The zero-order valence-electron chi connectivity index (χ0n) is 20.7. The van der Waals surface area contributed by atoms with Crippen molar-refractivity contribution in [2.45, 2.75) is 36.4 Å². The molecule has 7 heteroatoms. The highest BCUT2D eigenvalue weighted by Crippen LogP contribution is 2.45. The average Bonchev–Trinajstić information content (AvgIpc) is 3.43. The lowest BCUT2D eigenvalue weighted by Gasteiger charge is -2.51. The molecule has 4 aromatic rings. The second kappa shape index (κ2) is 8.43. The van der Waals surface area contributed by atoms with Crippen molar-refractivity contribution >= 4 is 17.0 Å². The van der Waals surface area contributed by atoms with Gasteiger partial charge in [0, 0.05) is 37.4 Å². The Morgan fingerprint density at radius 1 is 1.03 bits per heavy atom. The van der Waals surface area contributed by atoms with Crippen LogP contribution in [0.15, 0.2) is 72.9 Å². The van der Waals surface area contributed by atoms with Crippen molar-refractivity contribution in [3.8, 4) is 11.1 Å². The van der Waals surface area contributed by atoms with Gasteiger partial charge in [0.2, 0.25) is 0 Å². The molecule has 2 unspecified atom stereocenters. The van der Waals surface area contributed by atoms with Crippen molar-refractivity contribution in [3.63, 3.8) is 0 Å². The fourth-order valence-corrected chi connectivity index (χ4v) is 6.61. The summed E-state index contributed by atoms with van der Waals surface area (Å²) in [7, 11) is 1.89. The molecule has 2 aliphatic heterocycles. The first-order chi connectivity index (χ1) is 18.0. The minimum Gasteiger partial charge on any atom is -0.448 e. The largest absolute Gasteiger partial charge is 0.448 e. The van der Waals surface area contributed by atoms with Crippen molar-refractivity contribution in [3.05, 3.63) is 89.6 Å². The third kappa shape index (κ3) is 3.64. The minimum atomic E-state index is -1.05. The van der Waals surface area contributed by atoms with Gasteiger partial charge in [-0.15, -0.1) is 0 Å². The molecule has 0 radical (unpaired) electrons. The first-order valence-corrected chi connectivity index (χ1v) is 12.9. The zero-order chi connectivity index (χ0) is 25.1. The first kappa shape index (κ1) is 22.5. The quantitative estimate of drug-likeness (QED) is 0.451. The van der Waals surface area contributed by atoms with Crippen LogP contribution in [-0.2, 0) is 22.1 Å². The van der Waals surface area contributed by atoms with Crippen molar-refractivity contribution in [1.29, 1.82) is 0 Å². The first-order valence-electron chi connectivity index (χ1n) is 12.9. The van der Waals surface area contributed by atoms with Crippen LogP contribution in [0.2, 0.25) is 0 Å². The third-order valence-electron chi connectivity index (χ3n) is 8.26. The van der Waals surface area contributed by atoms with Crippen molar-refractivity contribution in [1.82, 2.24) is 14.7 Å². The number of aliphatic hydroxyl groups is 1. The lowest BCUT2D eigenvalue weighted by molar-refractivity contribution is -0.136.